The Morgan fingerprint density at radius 1 is 1.11 bits per heavy atom. The number of nitrogens with zero attached hydrogens (tertiary/aromatic N) is 1. The minimum absolute atomic E-state index is 0.0160. The number of fused-ring (bicyclic) bond motifs is 1. The Morgan fingerprint density at radius 3 is 2.50 bits per heavy atom. The molecule has 0 spiro atoms. The normalized spacial score (nSPS) is 11.4. The molecule has 0 saturated heterocycles. The molecule has 0 aliphatic heterocycles. The number of hydrogen-bond acceptors (Lipinski definition) is 4. The van der Waals surface area contributed by atoms with Gasteiger partial charge < -0.3 is 8.98 Å². The molecule has 1 aromatic carbocycles. The second-order valence-corrected chi connectivity index (χ2v) is 5.91. The number of rotatable bonds is 3. The Hall–Kier alpha value is -3.56. The highest BCUT2D eigenvalue weighted by atomic mass is 19.4. The van der Waals surface area contributed by atoms with Crippen LogP contribution in [0.15, 0.2) is 51.8 Å². The molecule has 0 bridgehead atoms. The van der Waals surface area contributed by atoms with E-state index in [4.69, 9.17) is 4.42 Å². The molecule has 0 fully saturated rings. The maximum absolute atomic E-state index is 12.8. The van der Waals surface area contributed by atoms with E-state index in [0.29, 0.717) is 21.8 Å². The number of furan rings is 1. The molecule has 0 atom stereocenters. The highest BCUT2D eigenvalue weighted by Gasteiger charge is 2.34. The van der Waals surface area contributed by atoms with Gasteiger partial charge in [0.2, 0.25) is 0 Å². The van der Waals surface area contributed by atoms with Crippen LogP contribution in [0.1, 0.15) is 21.7 Å². The lowest BCUT2D eigenvalue weighted by molar-refractivity contribution is -0.139. The number of carbonyl (C=O) groups is 2. The average molecular weight is 393 g/mol. The van der Waals surface area contributed by atoms with E-state index in [1.165, 1.54) is 0 Å². The van der Waals surface area contributed by atoms with Crippen LogP contribution in [0.5, 0.6) is 0 Å². The van der Waals surface area contributed by atoms with Crippen molar-refractivity contribution in [1.82, 2.24) is 15.4 Å². The smallest absolute Gasteiger partial charge is 0.421 e. The highest BCUT2D eigenvalue weighted by molar-refractivity contribution is 5.99. The predicted molar refractivity (Wildman–Crippen MR) is 92.3 cm³/mol. The zero-order valence-corrected chi connectivity index (χ0v) is 14.5. The largest absolute Gasteiger partial charge is 0.451 e. The molecule has 7 nitrogen and oxygen atoms in total. The summed E-state index contributed by atoms with van der Waals surface area (Å²) in [6, 6.07) is 8.60. The fourth-order valence-electron chi connectivity index (χ4n) is 2.65. The van der Waals surface area contributed by atoms with E-state index in [2.05, 4.69) is 5.43 Å². The third kappa shape index (κ3) is 3.75. The zero-order chi connectivity index (χ0) is 20.5. The molecule has 2 heterocycles. The van der Waals surface area contributed by atoms with Crippen LogP contribution in [0, 0.1) is 6.92 Å². The summed E-state index contributed by atoms with van der Waals surface area (Å²) >= 11 is 0. The number of hydrogen-bond donors (Lipinski definition) is 2. The Kier molecular flexibility index (Phi) is 4.95. The lowest BCUT2D eigenvalue weighted by Gasteiger charge is -2.11. The lowest BCUT2D eigenvalue weighted by Crippen LogP contribution is -2.44. The van der Waals surface area contributed by atoms with Crippen LogP contribution in [0.4, 0.5) is 13.2 Å². The van der Waals surface area contributed by atoms with Crippen LogP contribution in [0.25, 0.3) is 11.0 Å². The molecule has 3 rings (SSSR count). The molecule has 0 aliphatic rings. The number of carbonyl (C=O) groups excluding carboxylic acids is 2. The number of pyridine rings is 1. The van der Waals surface area contributed by atoms with Gasteiger partial charge in [0.05, 0.1) is 0 Å². The summed E-state index contributed by atoms with van der Waals surface area (Å²) in [7, 11) is 0. The van der Waals surface area contributed by atoms with E-state index in [-0.39, 0.29) is 5.76 Å². The molecule has 0 radical (unpaired) electrons. The van der Waals surface area contributed by atoms with Crippen molar-refractivity contribution in [3.8, 4) is 0 Å². The van der Waals surface area contributed by atoms with Crippen molar-refractivity contribution in [3.05, 3.63) is 69.8 Å². The number of alkyl halides is 3. The van der Waals surface area contributed by atoms with E-state index in [1.807, 2.05) is 5.43 Å². The van der Waals surface area contributed by atoms with Gasteiger partial charge in [-0.15, -0.1) is 0 Å². The van der Waals surface area contributed by atoms with Gasteiger partial charge in [0, 0.05) is 17.1 Å². The lowest BCUT2D eigenvalue weighted by atomic mass is 10.1. The first-order chi connectivity index (χ1) is 13.2. The number of amides is 2. The second-order valence-electron chi connectivity index (χ2n) is 5.91. The Morgan fingerprint density at radius 2 is 1.82 bits per heavy atom. The summed E-state index contributed by atoms with van der Waals surface area (Å²) in [5.74, 6) is -1.64. The predicted octanol–water partition coefficient (Wildman–Crippen LogP) is 2.38. The SMILES string of the molecule is Cc1c(C(=O)NNC(=O)Cn2cccc(C(F)(F)F)c2=O)oc2ccccc12. The maximum atomic E-state index is 12.8. The van der Waals surface area contributed by atoms with Gasteiger partial charge in [0.25, 0.3) is 11.5 Å². The van der Waals surface area contributed by atoms with E-state index in [1.54, 1.807) is 31.2 Å². The quantitative estimate of drug-likeness (QED) is 0.669. The number of nitrogens with one attached hydrogen (secondary N) is 2. The molecule has 2 amide bonds. The van der Waals surface area contributed by atoms with Gasteiger partial charge in [-0.25, -0.2) is 0 Å². The summed E-state index contributed by atoms with van der Waals surface area (Å²) in [5.41, 5.74) is 2.48. The Bertz CT molecular complexity index is 1120. The van der Waals surface area contributed by atoms with Crippen molar-refractivity contribution in [3.63, 3.8) is 0 Å². The van der Waals surface area contributed by atoms with Crippen molar-refractivity contribution in [1.29, 1.82) is 0 Å². The third-order valence-electron chi connectivity index (χ3n) is 4.00. The van der Waals surface area contributed by atoms with Crippen LogP contribution in [0.2, 0.25) is 0 Å². The van der Waals surface area contributed by atoms with Gasteiger partial charge in [0.15, 0.2) is 5.76 Å². The maximum Gasteiger partial charge on any atom is 0.421 e. The number of benzene rings is 1. The van der Waals surface area contributed by atoms with Crippen LogP contribution >= 0.6 is 0 Å². The minimum atomic E-state index is -4.83. The molecule has 28 heavy (non-hydrogen) atoms. The van der Waals surface area contributed by atoms with Crippen LogP contribution in [0.3, 0.4) is 0 Å². The molecule has 2 N–H and O–H groups in total. The molecule has 0 saturated carbocycles. The summed E-state index contributed by atoms with van der Waals surface area (Å²) in [5, 5.41) is 0.731. The number of aromatic nitrogens is 1. The third-order valence-corrected chi connectivity index (χ3v) is 4.00. The standard InChI is InChI=1S/C18H14F3N3O4/c1-10-11-5-2-3-7-13(11)28-15(10)16(26)23-22-14(25)9-24-8-4-6-12(17(24)27)18(19,20)21/h2-8H,9H2,1H3,(H,22,25)(H,23,26). The summed E-state index contributed by atoms with van der Waals surface area (Å²) in [6.07, 6.45) is -3.79. The average Bonchev–Trinajstić information content (AvgIpc) is 2.98. The molecular formula is C18H14F3N3O4. The van der Waals surface area contributed by atoms with Crippen molar-refractivity contribution in [2.75, 3.05) is 0 Å². The molecule has 146 valence electrons. The molecule has 10 heteroatoms. The Balaban J connectivity index is 1.68. The van der Waals surface area contributed by atoms with Gasteiger partial charge in [-0.05, 0) is 25.1 Å². The first-order valence-corrected chi connectivity index (χ1v) is 8.02. The number of hydrazine groups is 1. The first-order valence-electron chi connectivity index (χ1n) is 8.02. The van der Waals surface area contributed by atoms with Crippen molar-refractivity contribution < 1.29 is 27.2 Å². The van der Waals surface area contributed by atoms with E-state index >= 15 is 0 Å². The van der Waals surface area contributed by atoms with E-state index in [0.717, 1.165) is 17.6 Å². The first kappa shape index (κ1) is 19.2. The van der Waals surface area contributed by atoms with Gasteiger partial charge in [-0.3, -0.25) is 25.2 Å². The molecule has 0 unspecified atom stereocenters. The zero-order valence-electron chi connectivity index (χ0n) is 14.5. The molecule has 2 aromatic heterocycles. The van der Waals surface area contributed by atoms with Gasteiger partial charge in [0.1, 0.15) is 17.7 Å². The van der Waals surface area contributed by atoms with Crippen LogP contribution in [-0.4, -0.2) is 16.4 Å². The molecule has 3 aromatic rings. The van der Waals surface area contributed by atoms with Crippen LogP contribution < -0.4 is 16.4 Å². The summed E-state index contributed by atoms with van der Waals surface area (Å²) in [6.45, 7) is 0.965. The minimum Gasteiger partial charge on any atom is -0.451 e. The van der Waals surface area contributed by atoms with E-state index in [9.17, 15) is 27.6 Å². The number of aryl methyl sites for hydroxylation is 1. The fourth-order valence-corrected chi connectivity index (χ4v) is 2.65. The monoisotopic (exact) mass is 393 g/mol. The number of para-hydroxylation sites is 1. The van der Waals surface area contributed by atoms with Gasteiger partial charge in [-0.1, -0.05) is 18.2 Å². The van der Waals surface area contributed by atoms with Crippen molar-refractivity contribution in [2.45, 2.75) is 19.6 Å². The molecular weight excluding hydrogens is 379 g/mol. The van der Waals surface area contributed by atoms with Crippen LogP contribution in [-0.2, 0) is 17.5 Å². The second kappa shape index (κ2) is 7.22. The molecule has 0 aliphatic carbocycles. The van der Waals surface area contributed by atoms with E-state index < -0.39 is 35.7 Å². The summed E-state index contributed by atoms with van der Waals surface area (Å²) < 4.78 is 44.3. The highest BCUT2D eigenvalue weighted by Crippen LogP contribution is 2.26. The number of halogens is 3. The Labute approximate surface area is 155 Å². The summed E-state index contributed by atoms with van der Waals surface area (Å²) in [4.78, 5) is 35.9. The topological polar surface area (TPSA) is 93.3 Å². The van der Waals surface area contributed by atoms with Crippen molar-refractivity contribution >= 4 is 22.8 Å². The van der Waals surface area contributed by atoms with Gasteiger partial charge >= 0.3 is 12.1 Å². The van der Waals surface area contributed by atoms with Gasteiger partial charge in [-0.2, -0.15) is 13.2 Å². The fraction of sp³-hybridized carbons (Fsp3) is 0.167. The van der Waals surface area contributed by atoms with Crippen molar-refractivity contribution in [2.24, 2.45) is 0 Å².